The first-order valence-electron chi connectivity index (χ1n) is 8.83. The Bertz CT molecular complexity index is 426. The first-order chi connectivity index (χ1) is 10.3. The van der Waals surface area contributed by atoms with Gasteiger partial charge < -0.3 is 4.90 Å². The number of hydrogen-bond donors (Lipinski definition) is 0. The Labute approximate surface area is 129 Å². The quantitative estimate of drug-likeness (QED) is 0.825. The van der Waals surface area contributed by atoms with Gasteiger partial charge in [0.15, 0.2) is 0 Å². The van der Waals surface area contributed by atoms with Gasteiger partial charge >= 0.3 is 0 Å². The van der Waals surface area contributed by atoms with Crippen molar-refractivity contribution in [2.45, 2.75) is 64.7 Å². The van der Waals surface area contributed by atoms with E-state index in [1.165, 1.54) is 50.5 Å². The van der Waals surface area contributed by atoms with Crippen molar-refractivity contribution in [2.24, 2.45) is 11.8 Å². The van der Waals surface area contributed by atoms with Crippen molar-refractivity contribution in [2.75, 3.05) is 18.0 Å². The third-order valence-corrected chi connectivity index (χ3v) is 5.62. The van der Waals surface area contributed by atoms with Crippen LogP contribution in [0.15, 0.2) is 12.4 Å². The molecule has 3 heteroatoms. The van der Waals surface area contributed by atoms with Crippen molar-refractivity contribution < 1.29 is 0 Å². The molecule has 2 fully saturated rings. The van der Waals surface area contributed by atoms with Crippen molar-refractivity contribution in [3.05, 3.63) is 18.0 Å². The van der Waals surface area contributed by atoms with Gasteiger partial charge in [-0.05, 0) is 61.8 Å². The molecule has 0 aromatic carbocycles. The molecule has 1 saturated carbocycles. The molecule has 0 radical (unpaired) electrons. The summed E-state index contributed by atoms with van der Waals surface area (Å²) in [5.41, 5.74) is 1.36. The van der Waals surface area contributed by atoms with Crippen LogP contribution in [-0.2, 0) is 0 Å². The molecule has 0 spiro atoms. The lowest BCUT2D eigenvalue weighted by Crippen LogP contribution is -2.34. The third-order valence-electron chi connectivity index (χ3n) is 5.62. The van der Waals surface area contributed by atoms with E-state index in [2.05, 4.69) is 41.1 Å². The molecule has 3 rings (SSSR count). The Hall–Kier alpha value is -1.12. The SMILES string of the molecule is CC[C@H]1CC[C@@H](c2cnc(N3CCC(C)CC3)nc2)CC1. The second kappa shape index (κ2) is 6.76. The molecular formula is C18H29N3. The minimum atomic E-state index is 0.697. The van der Waals surface area contributed by atoms with Crippen LogP contribution in [0.5, 0.6) is 0 Å². The molecule has 1 saturated heterocycles. The summed E-state index contributed by atoms with van der Waals surface area (Å²) in [4.78, 5) is 11.7. The van der Waals surface area contributed by atoms with Gasteiger partial charge in [0.2, 0.25) is 5.95 Å². The van der Waals surface area contributed by atoms with Gasteiger partial charge in [-0.15, -0.1) is 0 Å². The molecule has 1 aromatic rings. The number of aromatic nitrogens is 2. The maximum atomic E-state index is 4.66. The van der Waals surface area contributed by atoms with E-state index in [0.29, 0.717) is 5.92 Å². The summed E-state index contributed by atoms with van der Waals surface area (Å²) in [5.74, 6) is 3.45. The zero-order valence-electron chi connectivity index (χ0n) is 13.6. The van der Waals surface area contributed by atoms with Gasteiger partial charge in [0.1, 0.15) is 0 Å². The lowest BCUT2D eigenvalue weighted by atomic mass is 9.78. The fraction of sp³-hybridized carbons (Fsp3) is 0.778. The van der Waals surface area contributed by atoms with E-state index < -0.39 is 0 Å². The van der Waals surface area contributed by atoms with E-state index in [-0.39, 0.29) is 0 Å². The standard InChI is InChI=1S/C18H29N3/c1-3-15-4-6-16(7-5-15)17-12-19-18(20-13-17)21-10-8-14(2)9-11-21/h12-16H,3-11H2,1-2H3/t15-,16+. The fourth-order valence-corrected chi connectivity index (χ4v) is 3.82. The van der Waals surface area contributed by atoms with Crippen molar-refractivity contribution in [3.8, 4) is 0 Å². The van der Waals surface area contributed by atoms with Crippen LogP contribution in [0.2, 0.25) is 0 Å². The molecule has 0 atom stereocenters. The average Bonchev–Trinajstić information content (AvgIpc) is 2.56. The van der Waals surface area contributed by atoms with E-state index in [0.717, 1.165) is 30.9 Å². The number of hydrogen-bond acceptors (Lipinski definition) is 3. The van der Waals surface area contributed by atoms with Gasteiger partial charge in [0.25, 0.3) is 0 Å². The largest absolute Gasteiger partial charge is 0.341 e. The molecule has 1 aliphatic heterocycles. The van der Waals surface area contributed by atoms with Gasteiger partial charge in [0.05, 0.1) is 0 Å². The summed E-state index contributed by atoms with van der Waals surface area (Å²) < 4.78 is 0. The van der Waals surface area contributed by atoms with Gasteiger partial charge in [-0.2, -0.15) is 0 Å². The average molecular weight is 287 g/mol. The smallest absolute Gasteiger partial charge is 0.225 e. The third kappa shape index (κ3) is 3.56. The molecule has 2 heterocycles. The molecule has 3 nitrogen and oxygen atoms in total. The summed E-state index contributed by atoms with van der Waals surface area (Å²) in [6, 6.07) is 0. The minimum Gasteiger partial charge on any atom is -0.341 e. The normalized spacial score (nSPS) is 27.8. The van der Waals surface area contributed by atoms with E-state index in [9.17, 15) is 0 Å². The first-order valence-corrected chi connectivity index (χ1v) is 8.83. The Balaban J connectivity index is 1.59. The van der Waals surface area contributed by atoms with Gasteiger partial charge in [0, 0.05) is 25.5 Å². The molecule has 0 bridgehead atoms. The zero-order chi connectivity index (χ0) is 14.7. The fourth-order valence-electron chi connectivity index (χ4n) is 3.82. The lowest BCUT2D eigenvalue weighted by Gasteiger charge is -2.31. The Morgan fingerprint density at radius 3 is 2.19 bits per heavy atom. The summed E-state index contributed by atoms with van der Waals surface area (Å²) >= 11 is 0. The van der Waals surface area contributed by atoms with Crippen molar-refractivity contribution in [1.82, 2.24) is 9.97 Å². The van der Waals surface area contributed by atoms with Crippen LogP contribution >= 0.6 is 0 Å². The van der Waals surface area contributed by atoms with Crippen molar-refractivity contribution in [3.63, 3.8) is 0 Å². The molecule has 2 aliphatic rings. The Morgan fingerprint density at radius 2 is 1.62 bits per heavy atom. The topological polar surface area (TPSA) is 29.0 Å². The Kier molecular flexibility index (Phi) is 4.77. The van der Waals surface area contributed by atoms with Gasteiger partial charge in [-0.1, -0.05) is 20.3 Å². The highest BCUT2D eigenvalue weighted by molar-refractivity contribution is 5.31. The van der Waals surface area contributed by atoms with E-state index in [1.807, 2.05) is 0 Å². The summed E-state index contributed by atoms with van der Waals surface area (Å²) in [6.07, 6.45) is 13.5. The molecule has 1 aliphatic carbocycles. The summed E-state index contributed by atoms with van der Waals surface area (Å²) in [6.45, 7) is 6.89. The molecular weight excluding hydrogens is 258 g/mol. The lowest BCUT2D eigenvalue weighted by molar-refractivity contribution is 0.318. The highest BCUT2D eigenvalue weighted by atomic mass is 15.2. The van der Waals surface area contributed by atoms with E-state index >= 15 is 0 Å². The zero-order valence-corrected chi connectivity index (χ0v) is 13.6. The van der Waals surface area contributed by atoms with Gasteiger partial charge in [-0.25, -0.2) is 9.97 Å². The van der Waals surface area contributed by atoms with Gasteiger partial charge in [-0.3, -0.25) is 0 Å². The molecule has 21 heavy (non-hydrogen) atoms. The predicted octanol–water partition coefficient (Wildman–Crippen LogP) is 4.40. The maximum absolute atomic E-state index is 4.66. The number of anilines is 1. The van der Waals surface area contributed by atoms with Crippen LogP contribution in [0, 0.1) is 11.8 Å². The Morgan fingerprint density at radius 1 is 1.00 bits per heavy atom. The van der Waals surface area contributed by atoms with E-state index in [1.54, 1.807) is 0 Å². The minimum absolute atomic E-state index is 0.697. The predicted molar refractivity (Wildman–Crippen MR) is 87.6 cm³/mol. The van der Waals surface area contributed by atoms with Crippen LogP contribution < -0.4 is 4.90 Å². The van der Waals surface area contributed by atoms with Crippen molar-refractivity contribution in [1.29, 1.82) is 0 Å². The second-order valence-electron chi connectivity index (χ2n) is 7.11. The van der Waals surface area contributed by atoms with Crippen molar-refractivity contribution >= 4 is 5.95 Å². The van der Waals surface area contributed by atoms with E-state index in [4.69, 9.17) is 0 Å². The molecule has 0 N–H and O–H groups in total. The second-order valence-corrected chi connectivity index (χ2v) is 7.11. The van der Waals surface area contributed by atoms with Crippen LogP contribution in [-0.4, -0.2) is 23.1 Å². The van der Waals surface area contributed by atoms with Crippen LogP contribution in [0.1, 0.15) is 70.3 Å². The highest BCUT2D eigenvalue weighted by Crippen LogP contribution is 2.36. The number of nitrogens with zero attached hydrogens (tertiary/aromatic N) is 3. The monoisotopic (exact) mass is 287 g/mol. The number of piperidine rings is 1. The first kappa shape index (κ1) is 14.8. The number of rotatable bonds is 3. The molecule has 0 amide bonds. The van der Waals surface area contributed by atoms with Crippen LogP contribution in [0.3, 0.4) is 0 Å². The summed E-state index contributed by atoms with van der Waals surface area (Å²) in [7, 11) is 0. The van der Waals surface area contributed by atoms with Crippen LogP contribution in [0.4, 0.5) is 5.95 Å². The maximum Gasteiger partial charge on any atom is 0.225 e. The molecule has 116 valence electrons. The highest BCUT2D eigenvalue weighted by Gasteiger charge is 2.22. The molecule has 1 aromatic heterocycles. The van der Waals surface area contributed by atoms with Crippen LogP contribution in [0.25, 0.3) is 0 Å². The molecule has 0 unspecified atom stereocenters. The summed E-state index contributed by atoms with van der Waals surface area (Å²) in [5, 5.41) is 0.